The minimum atomic E-state index is -1.02. The highest BCUT2D eigenvalue weighted by molar-refractivity contribution is 6.05. The number of amides is 2. The summed E-state index contributed by atoms with van der Waals surface area (Å²) in [4.78, 5) is 39.8. The van der Waals surface area contributed by atoms with E-state index in [9.17, 15) is 14.4 Å². The van der Waals surface area contributed by atoms with Gasteiger partial charge in [0, 0.05) is 26.2 Å². The van der Waals surface area contributed by atoms with Crippen molar-refractivity contribution >= 4 is 23.6 Å². The van der Waals surface area contributed by atoms with Gasteiger partial charge in [-0.2, -0.15) is 0 Å². The van der Waals surface area contributed by atoms with Crippen LogP contribution in [0, 0.1) is 5.92 Å². The van der Waals surface area contributed by atoms with Crippen LogP contribution in [0.3, 0.4) is 0 Å². The van der Waals surface area contributed by atoms with Crippen LogP contribution in [0.25, 0.3) is 0 Å². The van der Waals surface area contributed by atoms with E-state index in [1.54, 1.807) is 12.1 Å². The van der Waals surface area contributed by atoms with E-state index >= 15 is 0 Å². The predicted molar refractivity (Wildman–Crippen MR) is 65.7 cm³/mol. The lowest BCUT2D eigenvalue weighted by atomic mass is 10.1. The van der Waals surface area contributed by atoms with Crippen molar-refractivity contribution in [3.8, 4) is 0 Å². The minimum absolute atomic E-state index is 0.0369. The molecule has 2 amide bonds. The Morgan fingerprint density at radius 3 is 2.84 bits per heavy atom. The van der Waals surface area contributed by atoms with Crippen molar-refractivity contribution in [1.82, 2.24) is 10.3 Å². The Kier molecular flexibility index (Phi) is 3.46. The molecular formula is C12H13N3O4. The fourth-order valence-electron chi connectivity index (χ4n) is 2.00. The number of aliphatic carboxylic acids is 1. The van der Waals surface area contributed by atoms with Gasteiger partial charge in [0.25, 0.3) is 5.91 Å². The fraction of sp³-hybridized carbons (Fsp3) is 0.333. The largest absolute Gasteiger partial charge is 0.481 e. The number of carbonyl (C=O) groups excluding carboxylic acids is 2. The van der Waals surface area contributed by atoms with Crippen molar-refractivity contribution in [2.45, 2.75) is 6.42 Å². The molecular weight excluding hydrogens is 250 g/mol. The quantitative estimate of drug-likeness (QED) is 0.792. The van der Waals surface area contributed by atoms with Crippen molar-refractivity contribution in [2.24, 2.45) is 5.92 Å². The number of rotatable bonds is 3. The van der Waals surface area contributed by atoms with Gasteiger partial charge < -0.3 is 10.4 Å². The molecule has 1 aliphatic rings. The molecule has 1 atom stereocenters. The van der Waals surface area contributed by atoms with E-state index in [1.807, 2.05) is 0 Å². The summed E-state index contributed by atoms with van der Waals surface area (Å²) < 4.78 is 0. The van der Waals surface area contributed by atoms with Gasteiger partial charge in [-0.25, -0.2) is 4.98 Å². The van der Waals surface area contributed by atoms with Gasteiger partial charge in [0.2, 0.25) is 5.91 Å². The van der Waals surface area contributed by atoms with Crippen molar-refractivity contribution in [2.75, 3.05) is 18.5 Å². The van der Waals surface area contributed by atoms with Crippen molar-refractivity contribution in [3.63, 3.8) is 0 Å². The molecule has 19 heavy (non-hydrogen) atoms. The number of anilines is 1. The minimum Gasteiger partial charge on any atom is -0.481 e. The number of pyridine rings is 1. The molecule has 1 unspecified atom stereocenters. The number of carboxylic acids is 1. The van der Waals surface area contributed by atoms with Crippen LogP contribution in [0.15, 0.2) is 18.3 Å². The highest BCUT2D eigenvalue weighted by Gasteiger charge is 2.37. The number of carboxylic acid groups (broad SMARTS) is 1. The lowest BCUT2D eigenvalue weighted by Crippen LogP contribution is -2.30. The molecule has 1 fully saturated rings. The molecule has 0 bridgehead atoms. The van der Waals surface area contributed by atoms with Crippen molar-refractivity contribution in [1.29, 1.82) is 0 Å². The van der Waals surface area contributed by atoms with Crippen LogP contribution in [0.2, 0.25) is 0 Å². The Bertz CT molecular complexity index is 544. The Labute approximate surface area is 109 Å². The zero-order valence-electron chi connectivity index (χ0n) is 10.3. The first-order valence-corrected chi connectivity index (χ1v) is 5.75. The lowest BCUT2D eigenvalue weighted by molar-refractivity contribution is -0.141. The van der Waals surface area contributed by atoms with Crippen LogP contribution in [0.1, 0.15) is 16.8 Å². The molecule has 2 heterocycles. The van der Waals surface area contributed by atoms with E-state index in [0.29, 0.717) is 0 Å². The molecule has 100 valence electrons. The maximum absolute atomic E-state index is 11.8. The van der Waals surface area contributed by atoms with Crippen LogP contribution in [0.5, 0.6) is 0 Å². The second-order valence-corrected chi connectivity index (χ2v) is 4.20. The smallest absolute Gasteiger partial charge is 0.308 e. The summed E-state index contributed by atoms with van der Waals surface area (Å²) >= 11 is 0. The number of nitrogens with one attached hydrogen (secondary N) is 1. The van der Waals surface area contributed by atoms with Gasteiger partial charge in [-0.15, -0.1) is 0 Å². The average molecular weight is 263 g/mol. The van der Waals surface area contributed by atoms with Gasteiger partial charge in [0.15, 0.2) is 0 Å². The SMILES string of the molecule is CNC(=O)c1cccnc1N1CC(C(=O)O)CC1=O. The van der Waals surface area contributed by atoms with Crippen LogP contribution in [-0.4, -0.2) is 41.5 Å². The molecule has 0 aromatic carbocycles. The molecule has 1 aliphatic heterocycles. The summed E-state index contributed by atoms with van der Waals surface area (Å²) in [6.45, 7) is 0.0369. The first-order chi connectivity index (χ1) is 9.04. The molecule has 2 N–H and O–H groups in total. The maximum atomic E-state index is 11.8. The molecule has 0 spiro atoms. The van der Waals surface area contributed by atoms with E-state index < -0.39 is 11.9 Å². The summed E-state index contributed by atoms with van der Waals surface area (Å²) in [5.74, 6) is -2.28. The van der Waals surface area contributed by atoms with E-state index in [0.717, 1.165) is 0 Å². The average Bonchev–Trinajstić information content (AvgIpc) is 2.80. The normalized spacial score (nSPS) is 18.5. The zero-order valence-corrected chi connectivity index (χ0v) is 10.3. The molecule has 2 rings (SSSR count). The summed E-state index contributed by atoms with van der Waals surface area (Å²) in [6, 6.07) is 3.13. The third kappa shape index (κ3) is 2.40. The first kappa shape index (κ1) is 13.0. The number of carbonyl (C=O) groups is 3. The molecule has 1 aromatic heterocycles. The molecule has 0 radical (unpaired) electrons. The highest BCUT2D eigenvalue weighted by atomic mass is 16.4. The van der Waals surface area contributed by atoms with E-state index in [4.69, 9.17) is 5.11 Å². The van der Waals surface area contributed by atoms with Gasteiger partial charge in [-0.1, -0.05) is 0 Å². The number of hydrogen-bond acceptors (Lipinski definition) is 4. The maximum Gasteiger partial charge on any atom is 0.308 e. The number of nitrogens with zero attached hydrogens (tertiary/aromatic N) is 2. The predicted octanol–water partition coefficient (Wildman–Crippen LogP) is -0.121. The van der Waals surface area contributed by atoms with Gasteiger partial charge in [-0.3, -0.25) is 19.3 Å². The second-order valence-electron chi connectivity index (χ2n) is 4.20. The molecule has 1 aromatic rings. The first-order valence-electron chi connectivity index (χ1n) is 5.75. The third-order valence-corrected chi connectivity index (χ3v) is 2.99. The monoisotopic (exact) mass is 263 g/mol. The molecule has 1 saturated heterocycles. The Hall–Kier alpha value is -2.44. The van der Waals surface area contributed by atoms with E-state index in [2.05, 4.69) is 10.3 Å². The van der Waals surface area contributed by atoms with Crippen LogP contribution >= 0.6 is 0 Å². The Morgan fingerprint density at radius 2 is 2.26 bits per heavy atom. The number of aromatic nitrogens is 1. The summed E-state index contributed by atoms with van der Waals surface area (Å²) in [6.07, 6.45) is 1.39. The van der Waals surface area contributed by atoms with Crippen LogP contribution in [0.4, 0.5) is 5.82 Å². The van der Waals surface area contributed by atoms with Gasteiger partial charge in [-0.05, 0) is 12.1 Å². The van der Waals surface area contributed by atoms with Gasteiger partial charge in [0.05, 0.1) is 11.5 Å². The molecule has 7 heteroatoms. The summed E-state index contributed by atoms with van der Waals surface area (Å²) in [5.41, 5.74) is 0.254. The zero-order chi connectivity index (χ0) is 14.0. The van der Waals surface area contributed by atoms with Crippen molar-refractivity contribution in [3.05, 3.63) is 23.9 Å². The lowest BCUT2D eigenvalue weighted by Gasteiger charge is -2.17. The van der Waals surface area contributed by atoms with Crippen LogP contribution < -0.4 is 10.2 Å². The Balaban J connectivity index is 2.35. The van der Waals surface area contributed by atoms with Crippen LogP contribution in [-0.2, 0) is 9.59 Å². The standard InChI is InChI=1S/C12H13N3O4/c1-13-11(17)8-3-2-4-14-10(8)15-6-7(12(18)19)5-9(15)16/h2-4,7H,5-6H2,1H3,(H,13,17)(H,18,19). The highest BCUT2D eigenvalue weighted by Crippen LogP contribution is 2.26. The molecule has 0 saturated carbocycles. The summed E-state index contributed by atoms with van der Waals surface area (Å²) in [5, 5.41) is 11.4. The topological polar surface area (TPSA) is 99.6 Å². The molecule has 7 nitrogen and oxygen atoms in total. The third-order valence-electron chi connectivity index (χ3n) is 2.99. The summed E-state index contributed by atoms with van der Waals surface area (Å²) in [7, 11) is 1.48. The van der Waals surface area contributed by atoms with Gasteiger partial charge >= 0.3 is 5.97 Å². The Morgan fingerprint density at radius 1 is 1.53 bits per heavy atom. The van der Waals surface area contributed by atoms with E-state index in [1.165, 1.54) is 18.1 Å². The number of hydrogen-bond donors (Lipinski definition) is 2. The second kappa shape index (κ2) is 5.05. The fourth-order valence-corrected chi connectivity index (χ4v) is 2.00. The van der Waals surface area contributed by atoms with Crippen molar-refractivity contribution < 1.29 is 19.5 Å². The van der Waals surface area contributed by atoms with E-state index in [-0.39, 0.29) is 36.2 Å². The van der Waals surface area contributed by atoms with Gasteiger partial charge in [0.1, 0.15) is 5.82 Å². The molecule has 0 aliphatic carbocycles.